The molecule has 0 radical (unpaired) electrons. The van der Waals surface area contributed by atoms with E-state index in [2.05, 4.69) is 22.0 Å². The van der Waals surface area contributed by atoms with Crippen molar-refractivity contribution in [1.29, 1.82) is 0 Å². The van der Waals surface area contributed by atoms with Crippen LogP contribution in [0.4, 0.5) is 0 Å². The molecule has 2 aromatic heterocycles. The van der Waals surface area contributed by atoms with Gasteiger partial charge in [-0.15, -0.1) is 11.6 Å². The summed E-state index contributed by atoms with van der Waals surface area (Å²) in [6, 6.07) is 0. The van der Waals surface area contributed by atoms with Gasteiger partial charge in [-0.2, -0.15) is 5.10 Å². The highest BCUT2D eigenvalue weighted by Crippen LogP contribution is 2.27. The summed E-state index contributed by atoms with van der Waals surface area (Å²) >= 11 is 11.7. The molecule has 0 spiro atoms. The van der Waals surface area contributed by atoms with E-state index in [-0.39, 0.29) is 5.88 Å². The zero-order chi connectivity index (χ0) is 13.0. The van der Waals surface area contributed by atoms with Crippen molar-refractivity contribution in [2.24, 2.45) is 0 Å². The zero-order valence-corrected chi connectivity index (χ0v) is 11.3. The Morgan fingerprint density at radius 1 is 1.39 bits per heavy atom. The molecule has 0 fully saturated rings. The minimum atomic E-state index is 0.193. The van der Waals surface area contributed by atoms with Gasteiger partial charge in [-0.05, 0) is 6.42 Å². The van der Waals surface area contributed by atoms with Crippen LogP contribution in [-0.4, -0.2) is 19.7 Å². The molecule has 2 heterocycles. The Hall–Kier alpha value is -1.33. The Morgan fingerprint density at radius 2 is 2.22 bits per heavy atom. The molecule has 0 saturated heterocycles. The maximum absolute atomic E-state index is 5.91. The molecular formula is C11H12Cl2N4O. The molecule has 0 atom stereocenters. The van der Waals surface area contributed by atoms with Crippen molar-refractivity contribution < 1.29 is 4.74 Å². The first-order valence-corrected chi connectivity index (χ1v) is 6.41. The molecule has 0 amide bonds. The SMILES string of the molecule is CCCn1cc(Oc2ncnc(Cl)c2CCl)cn1. The fraction of sp³-hybridized carbons (Fsp3) is 0.364. The standard InChI is InChI=1S/C11H12Cl2N4O/c1-2-3-17-6-8(5-16-17)18-11-9(4-12)10(13)14-7-15-11/h5-7H,2-4H2,1H3. The molecule has 5 nitrogen and oxygen atoms in total. The number of hydrogen-bond acceptors (Lipinski definition) is 4. The van der Waals surface area contributed by atoms with Gasteiger partial charge in [0.25, 0.3) is 0 Å². The lowest BCUT2D eigenvalue weighted by atomic mass is 10.4. The van der Waals surface area contributed by atoms with Crippen molar-refractivity contribution in [3.05, 3.63) is 29.4 Å². The highest BCUT2D eigenvalue weighted by molar-refractivity contribution is 6.31. The van der Waals surface area contributed by atoms with Gasteiger partial charge in [0, 0.05) is 6.54 Å². The summed E-state index contributed by atoms with van der Waals surface area (Å²) in [5.41, 5.74) is 0.573. The summed E-state index contributed by atoms with van der Waals surface area (Å²) in [5, 5.41) is 4.46. The smallest absolute Gasteiger partial charge is 0.228 e. The molecule has 2 aromatic rings. The number of halogens is 2. The zero-order valence-electron chi connectivity index (χ0n) is 9.81. The summed E-state index contributed by atoms with van der Waals surface area (Å²) in [6.07, 6.45) is 5.78. The summed E-state index contributed by atoms with van der Waals surface area (Å²) in [6.45, 7) is 2.92. The first kappa shape index (κ1) is 13.1. The van der Waals surface area contributed by atoms with Gasteiger partial charge in [-0.3, -0.25) is 4.68 Å². The topological polar surface area (TPSA) is 52.8 Å². The van der Waals surface area contributed by atoms with Crippen LogP contribution in [0.3, 0.4) is 0 Å². The second-order valence-corrected chi connectivity index (χ2v) is 4.25. The van der Waals surface area contributed by atoms with Crippen LogP contribution in [0.5, 0.6) is 11.6 Å². The summed E-state index contributed by atoms with van der Waals surface area (Å²) in [4.78, 5) is 7.88. The predicted molar refractivity (Wildman–Crippen MR) is 69.2 cm³/mol. The molecule has 0 aromatic carbocycles. The molecule has 0 aliphatic carbocycles. The Kier molecular flexibility index (Phi) is 4.38. The highest BCUT2D eigenvalue weighted by Gasteiger charge is 2.11. The quantitative estimate of drug-likeness (QED) is 0.625. The van der Waals surface area contributed by atoms with Crippen LogP contribution in [0.1, 0.15) is 18.9 Å². The summed E-state index contributed by atoms with van der Waals surface area (Å²) in [5.74, 6) is 1.16. The lowest BCUT2D eigenvalue weighted by Gasteiger charge is -2.06. The van der Waals surface area contributed by atoms with E-state index in [1.54, 1.807) is 17.1 Å². The molecule has 0 saturated carbocycles. The van der Waals surface area contributed by atoms with Gasteiger partial charge >= 0.3 is 0 Å². The van der Waals surface area contributed by atoms with E-state index >= 15 is 0 Å². The maximum atomic E-state index is 5.91. The van der Waals surface area contributed by atoms with Crippen molar-refractivity contribution in [1.82, 2.24) is 19.7 Å². The molecule has 96 valence electrons. The van der Waals surface area contributed by atoms with Gasteiger partial charge in [0.05, 0.1) is 23.8 Å². The van der Waals surface area contributed by atoms with Crippen molar-refractivity contribution in [2.45, 2.75) is 25.8 Å². The molecule has 0 aliphatic rings. The van der Waals surface area contributed by atoms with E-state index in [1.807, 2.05) is 0 Å². The van der Waals surface area contributed by atoms with E-state index in [0.717, 1.165) is 13.0 Å². The first-order chi connectivity index (χ1) is 8.74. The lowest BCUT2D eigenvalue weighted by Crippen LogP contribution is -1.96. The maximum Gasteiger partial charge on any atom is 0.228 e. The Bertz CT molecular complexity index is 530. The van der Waals surface area contributed by atoms with E-state index in [4.69, 9.17) is 27.9 Å². The van der Waals surface area contributed by atoms with Crippen LogP contribution in [0.25, 0.3) is 0 Å². The monoisotopic (exact) mass is 286 g/mol. The Morgan fingerprint density at radius 3 is 2.94 bits per heavy atom. The average Bonchev–Trinajstić information content (AvgIpc) is 2.77. The molecule has 2 rings (SSSR count). The van der Waals surface area contributed by atoms with Crippen molar-refractivity contribution >= 4 is 23.2 Å². The molecule has 0 aliphatic heterocycles. The number of aromatic nitrogens is 4. The van der Waals surface area contributed by atoms with Crippen LogP contribution < -0.4 is 4.74 Å². The minimum Gasteiger partial charge on any atom is -0.435 e. The molecule has 0 unspecified atom stereocenters. The van der Waals surface area contributed by atoms with E-state index < -0.39 is 0 Å². The Balaban J connectivity index is 2.20. The van der Waals surface area contributed by atoms with Crippen LogP contribution in [0.15, 0.2) is 18.7 Å². The Labute approximate surface area is 115 Å². The normalized spacial score (nSPS) is 10.6. The van der Waals surface area contributed by atoms with Crippen LogP contribution in [-0.2, 0) is 12.4 Å². The first-order valence-electron chi connectivity index (χ1n) is 5.50. The molecule has 7 heteroatoms. The number of rotatable bonds is 5. The number of alkyl halides is 1. The fourth-order valence-electron chi connectivity index (χ4n) is 1.44. The highest BCUT2D eigenvalue weighted by atomic mass is 35.5. The summed E-state index contributed by atoms with van der Waals surface area (Å²) in [7, 11) is 0. The van der Waals surface area contributed by atoms with Crippen molar-refractivity contribution in [3.63, 3.8) is 0 Å². The number of nitrogens with zero attached hydrogens (tertiary/aromatic N) is 4. The molecule has 0 N–H and O–H groups in total. The van der Waals surface area contributed by atoms with Gasteiger partial charge < -0.3 is 4.74 Å². The molecule has 18 heavy (non-hydrogen) atoms. The third kappa shape index (κ3) is 2.91. The van der Waals surface area contributed by atoms with E-state index in [0.29, 0.717) is 22.3 Å². The molecular weight excluding hydrogens is 275 g/mol. The van der Waals surface area contributed by atoms with Gasteiger partial charge in [-0.1, -0.05) is 18.5 Å². The number of aryl methyl sites for hydroxylation is 1. The van der Waals surface area contributed by atoms with E-state index in [9.17, 15) is 0 Å². The third-order valence-corrected chi connectivity index (χ3v) is 2.86. The average molecular weight is 287 g/mol. The largest absolute Gasteiger partial charge is 0.435 e. The predicted octanol–water partition coefficient (Wildman–Crippen LogP) is 3.27. The van der Waals surface area contributed by atoms with Gasteiger partial charge in [0.15, 0.2) is 5.75 Å². The van der Waals surface area contributed by atoms with Gasteiger partial charge in [-0.25, -0.2) is 9.97 Å². The third-order valence-electron chi connectivity index (χ3n) is 2.26. The summed E-state index contributed by atoms with van der Waals surface area (Å²) < 4.78 is 7.41. The van der Waals surface area contributed by atoms with Crippen LogP contribution >= 0.6 is 23.2 Å². The van der Waals surface area contributed by atoms with Gasteiger partial charge in [0.2, 0.25) is 5.88 Å². The number of hydrogen-bond donors (Lipinski definition) is 0. The van der Waals surface area contributed by atoms with Crippen molar-refractivity contribution in [2.75, 3.05) is 0 Å². The number of ether oxygens (including phenoxy) is 1. The van der Waals surface area contributed by atoms with Crippen LogP contribution in [0, 0.1) is 0 Å². The second kappa shape index (κ2) is 6.02. The van der Waals surface area contributed by atoms with E-state index in [1.165, 1.54) is 6.33 Å². The van der Waals surface area contributed by atoms with Gasteiger partial charge in [0.1, 0.15) is 11.5 Å². The fourth-order valence-corrected chi connectivity index (χ4v) is 1.94. The van der Waals surface area contributed by atoms with Crippen LogP contribution in [0.2, 0.25) is 5.15 Å². The minimum absolute atomic E-state index is 0.193. The molecule has 0 bridgehead atoms. The lowest BCUT2D eigenvalue weighted by molar-refractivity contribution is 0.455. The van der Waals surface area contributed by atoms with Crippen molar-refractivity contribution in [3.8, 4) is 11.6 Å². The second-order valence-electron chi connectivity index (χ2n) is 3.62.